The lowest BCUT2D eigenvalue weighted by Crippen LogP contribution is -2.26. The summed E-state index contributed by atoms with van der Waals surface area (Å²) in [6.45, 7) is 0.983. The van der Waals surface area contributed by atoms with Crippen molar-refractivity contribution >= 4 is 17.2 Å². The third-order valence-electron chi connectivity index (χ3n) is 3.82. The van der Waals surface area contributed by atoms with Crippen molar-refractivity contribution in [3.8, 4) is 5.75 Å². The third kappa shape index (κ3) is 6.01. The lowest BCUT2D eigenvalue weighted by atomic mass is 10.1. The number of nitrogens with zero attached hydrogens (tertiary/aromatic N) is 1. The number of aromatic nitrogens is 1. The number of nitrogens with one attached hydrogen (secondary N) is 1. The first-order valence-electron chi connectivity index (χ1n) is 8.71. The molecule has 26 heavy (non-hydrogen) atoms. The molecule has 1 heterocycles. The molecule has 1 aromatic heterocycles. The Labute approximate surface area is 157 Å². The number of carbonyl (C=O) groups excluding carboxylic acids is 1. The van der Waals surface area contributed by atoms with Gasteiger partial charge in [-0.1, -0.05) is 48.5 Å². The summed E-state index contributed by atoms with van der Waals surface area (Å²) in [5, 5.41) is 3.98. The van der Waals surface area contributed by atoms with Gasteiger partial charge in [-0.25, -0.2) is 4.98 Å². The van der Waals surface area contributed by atoms with E-state index in [-0.39, 0.29) is 5.91 Å². The van der Waals surface area contributed by atoms with E-state index in [9.17, 15) is 4.79 Å². The number of amides is 1. The van der Waals surface area contributed by atoms with Gasteiger partial charge in [0.25, 0.3) is 0 Å². The van der Waals surface area contributed by atoms with Gasteiger partial charge in [-0.3, -0.25) is 4.79 Å². The molecular weight excluding hydrogens is 344 g/mol. The van der Waals surface area contributed by atoms with E-state index in [2.05, 4.69) is 22.4 Å². The molecule has 5 heteroatoms. The van der Waals surface area contributed by atoms with Crippen LogP contribution in [0.15, 0.2) is 66.9 Å². The van der Waals surface area contributed by atoms with Gasteiger partial charge in [0, 0.05) is 30.5 Å². The Morgan fingerprint density at radius 2 is 1.77 bits per heavy atom. The molecule has 0 aliphatic rings. The van der Waals surface area contributed by atoms with Gasteiger partial charge in [0.15, 0.2) is 0 Å². The third-order valence-corrected chi connectivity index (χ3v) is 4.88. The van der Waals surface area contributed by atoms with Gasteiger partial charge in [-0.2, -0.15) is 0 Å². The minimum absolute atomic E-state index is 0.00185. The van der Waals surface area contributed by atoms with Crippen molar-refractivity contribution in [2.24, 2.45) is 0 Å². The van der Waals surface area contributed by atoms with Gasteiger partial charge in [0.1, 0.15) is 5.75 Å². The van der Waals surface area contributed by atoms with E-state index in [0.717, 1.165) is 23.6 Å². The SMILES string of the molecule is O=C(CCOc1ccccc1)NCCc1ncc(Cc2ccccc2)s1. The monoisotopic (exact) mass is 366 g/mol. The van der Waals surface area contributed by atoms with Crippen LogP contribution in [0.3, 0.4) is 0 Å². The number of benzene rings is 2. The highest BCUT2D eigenvalue weighted by atomic mass is 32.1. The van der Waals surface area contributed by atoms with Crippen LogP contribution in [0.2, 0.25) is 0 Å². The molecule has 0 aliphatic carbocycles. The summed E-state index contributed by atoms with van der Waals surface area (Å²) in [5.41, 5.74) is 1.29. The minimum atomic E-state index is 0.00185. The maximum absolute atomic E-state index is 11.9. The van der Waals surface area contributed by atoms with E-state index in [1.165, 1.54) is 10.4 Å². The summed E-state index contributed by atoms with van der Waals surface area (Å²) in [6, 6.07) is 19.9. The van der Waals surface area contributed by atoms with Crippen molar-refractivity contribution in [2.75, 3.05) is 13.2 Å². The number of thiazole rings is 1. The van der Waals surface area contributed by atoms with Crippen LogP contribution in [-0.4, -0.2) is 24.0 Å². The summed E-state index contributed by atoms with van der Waals surface area (Å²) >= 11 is 1.71. The summed E-state index contributed by atoms with van der Waals surface area (Å²) in [4.78, 5) is 17.6. The van der Waals surface area contributed by atoms with E-state index < -0.39 is 0 Å². The van der Waals surface area contributed by atoms with Crippen LogP contribution in [-0.2, 0) is 17.6 Å². The number of hydrogen-bond donors (Lipinski definition) is 1. The smallest absolute Gasteiger partial charge is 0.223 e. The molecule has 2 aromatic carbocycles. The van der Waals surface area contributed by atoms with Crippen LogP contribution >= 0.6 is 11.3 Å². The molecule has 0 saturated heterocycles. The maximum Gasteiger partial charge on any atom is 0.223 e. The Kier molecular flexibility index (Phi) is 6.79. The first kappa shape index (κ1) is 18.1. The lowest BCUT2D eigenvalue weighted by molar-refractivity contribution is -0.121. The van der Waals surface area contributed by atoms with E-state index >= 15 is 0 Å². The van der Waals surface area contributed by atoms with E-state index in [0.29, 0.717) is 19.6 Å². The average molecular weight is 366 g/mol. The second kappa shape index (κ2) is 9.73. The fourth-order valence-corrected chi connectivity index (χ4v) is 3.47. The zero-order valence-corrected chi connectivity index (χ0v) is 15.4. The maximum atomic E-state index is 11.9. The van der Waals surface area contributed by atoms with Gasteiger partial charge in [-0.15, -0.1) is 11.3 Å². The second-order valence-corrected chi connectivity index (χ2v) is 7.09. The van der Waals surface area contributed by atoms with Crippen LogP contribution in [0.5, 0.6) is 5.75 Å². The van der Waals surface area contributed by atoms with Crippen molar-refractivity contribution < 1.29 is 9.53 Å². The standard InChI is InChI=1S/C21H22N2O2S/c24-20(12-14-25-18-9-5-2-6-10-18)22-13-11-21-23-16-19(26-21)15-17-7-3-1-4-8-17/h1-10,16H,11-15H2,(H,22,24). The Balaban J connectivity index is 1.33. The van der Waals surface area contributed by atoms with Crippen molar-refractivity contribution in [2.45, 2.75) is 19.3 Å². The second-order valence-electron chi connectivity index (χ2n) is 5.89. The molecule has 0 unspecified atom stereocenters. The van der Waals surface area contributed by atoms with Gasteiger partial charge in [-0.05, 0) is 17.7 Å². The Bertz CT molecular complexity index is 803. The van der Waals surface area contributed by atoms with Crippen LogP contribution in [0.25, 0.3) is 0 Å². The molecule has 0 bridgehead atoms. The normalized spacial score (nSPS) is 10.5. The largest absolute Gasteiger partial charge is 0.493 e. The summed E-state index contributed by atoms with van der Waals surface area (Å²) in [7, 11) is 0. The highest BCUT2D eigenvalue weighted by Gasteiger charge is 2.05. The molecule has 0 fully saturated rings. The highest BCUT2D eigenvalue weighted by molar-refractivity contribution is 7.11. The lowest BCUT2D eigenvalue weighted by Gasteiger charge is -2.06. The highest BCUT2D eigenvalue weighted by Crippen LogP contribution is 2.17. The Morgan fingerprint density at radius 3 is 2.54 bits per heavy atom. The Morgan fingerprint density at radius 1 is 1.04 bits per heavy atom. The quantitative estimate of drug-likeness (QED) is 0.626. The van der Waals surface area contributed by atoms with Crippen molar-refractivity contribution in [3.05, 3.63) is 82.3 Å². The number of rotatable bonds is 9. The zero-order valence-electron chi connectivity index (χ0n) is 14.6. The first-order chi connectivity index (χ1) is 12.8. The van der Waals surface area contributed by atoms with Crippen LogP contribution in [0.4, 0.5) is 0 Å². The van der Waals surface area contributed by atoms with Gasteiger partial charge < -0.3 is 10.1 Å². The van der Waals surface area contributed by atoms with Crippen LogP contribution < -0.4 is 10.1 Å². The molecule has 0 spiro atoms. The predicted octanol–water partition coefficient (Wildman–Crippen LogP) is 3.86. The molecule has 3 rings (SSSR count). The molecule has 0 atom stereocenters. The van der Waals surface area contributed by atoms with E-state index in [4.69, 9.17) is 4.74 Å². The van der Waals surface area contributed by atoms with E-state index in [1.807, 2.05) is 54.7 Å². The summed E-state index contributed by atoms with van der Waals surface area (Å²) < 4.78 is 5.53. The molecular formula is C21H22N2O2S. The number of hydrogen-bond acceptors (Lipinski definition) is 4. The van der Waals surface area contributed by atoms with Crippen LogP contribution in [0.1, 0.15) is 21.9 Å². The molecule has 0 radical (unpaired) electrons. The molecule has 1 N–H and O–H groups in total. The molecule has 134 valence electrons. The fraction of sp³-hybridized carbons (Fsp3) is 0.238. The number of carbonyl (C=O) groups is 1. The predicted molar refractivity (Wildman–Crippen MR) is 105 cm³/mol. The first-order valence-corrected chi connectivity index (χ1v) is 9.53. The average Bonchev–Trinajstić information content (AvgIpc) is 3.11. The van der Waals surface area contributed by atoms with Crippen molar-refractivity contribution in [3.63, 3.8) is 0 Å². The van der Waals surface area contributed by atoms with E-state index in [1.54, 1.807) is 11.3 Å². The van der Waals surface area contributed by atoms with Crippen molar-refractivity contribution in [1.29, 1.82) is 0 Å². The summed E-state index contributed by atoms with van der Waals surface area (Å²) in [5.74, 6) is 0.788. The van der Waals surface area contributed by atoms with Crippen LogP contribution in [0, 0.1) is 0 Å². The molecule has 0 saturated carbocycles. The fourth-order valence-electron chi connectivity index (χ4n) is 2.52. The molecule has 1 amide bonds. The molecule has 4 nitrogen and oxygen atoms in total. The van der Waals surface area contributed by atoms with Gasteiger partial charge >= 0.3 is 0 Å². The Hall–Kier alpha value is -2.66. The number of ether oxygens (including phenoxy) is 1. The summed E-state index contributed by atoms with van der Waals surface area (Å²) in [6.07, 6.45) is 3.95. The van der Waals surface area contributed by atoms with Gasteiger partial charge in [0.2, 0.25) is 5.91 Å². The van der Waals surface area contributed by atoms with Gasteiger partial charge in [0.05, 0.1) is 18.0 Å². The number of para-hydroxylation sites is 1. The minimum Gasteiger partial charge on any atom is -0.493 e. The zero-order chi connectivity index (χ0) is 18.0. The molecule has 0 aliphatic heterocycles. The van der Waals surface area contributed by atoms with Crippen molar-refractivity contribution in [1.82, 2.24) is 10.3 Å². The topological polar surface area (TPSA) is 51.2 Å². The molecule has 3 aromatic rings.